The molecular formula is C12H9ClF2N2. The minimum absolute atomic E-state index is 0.0970. The summed E-state index contributed by atoms with van der Waals surface area (Å²) in [6.07, 6.45) is 5.09. The summed E-state index contributed by atoms with van der Waals surface area (Å²) in [6.45, 7) is 0.365. The molecule has 0 aliphatic carbocycles. The van der Waals surface area contributed by atoms with Crippen molar-refractivity contribution in [3.05, 3.63) is 53.6 Å². The summed E-state index contributed by atoms with van der Waals surface area (Å²) in [5.74, 6) is -1.08. The Labute approximate surface area is 102 Å². The summed E-state index contributed by atoms with van der Waals surface area (Å²) in [5.41, 5.74) is 0.476. The predicted molar refractivity (Wildman–Crippen MR) is 63.8 cm³/mol. The van der Waals surface area contributed by atoms with Gasteiger partial charge < -0.3 is 4.90 Å². The van der Waals surface area contributed by atoms with Gasteiger partial charge in [0.05, 0.1) is 5.70 Å². The number of hydrogen-bond donors (Lipinski definition) is 1. The quantitative estimate of drug-likeness (QED) is 0.464. The fourth-order valence-corrected chi connectivity index (χ4v) is 1.79. The summed E-state index contributed by atoms with van der Waals surface area (Å²) in [6, 6.07) is 3.20. The Morgan fingerprint density at radius 3 is 2.82 bits per heavy atom. The van der Waals surface area contributed by atoms with E-state index < -0.39 is 11.6 Å². The van der Waals surface area contributed by atoms with Crippen LogP contribution in [0.25, 0.3) is 5.70 Å². The summed E-state index contributed by atoms with van der Waals surface area (Å²) in [7, 11) is 0. The lowest BCUT2D eigenvalue weighted by Crippen LogP contribution is -2.27. The first-order valence-corrected chi connectivity index (χ1v) is 5.31. The number of nitrogens with one attached hydrogen (secondary N) is 1. The normalized spacial score (nSPS) is 14.8. The third-order valence-electron chi connectivity index (χ3n) is 2.41. The van der Waals surface area contributed by atoms with Crippen LogP contribution in [0.2, 0.25) is 0 Å². The average molecular weight is 255 g/mol. The van der Waals surface area contributed by atoms with E-state index in [0.717, 1.165) is 18.2 Å². The van der Waals surface area contributed by atoms with Crippen molar-refractivity contribution >= 4 is 22.6 Å². The van der Waals surface area contributed by atoms with Gasteiger partial charge in [0.1, 0.15) is 11.6 Å². The topological polar surface area (TPSA) is 27.1 Å². The van der Waals surface area contributed by atoms with Gasteiger partial charge in [0.15, 0.2) is 5.29 Å². The molecule has 0 fully saturated rings. The molecule has 88 valence electrons. The first-order chi connectivity index (χ1) is 8.09. The molecule has 1 N–H and O–H groups in total. The molecule has 0 spiro atoms. The van der Waals surface area contributed by atoms with Crippen LogP contribution in [0.15, 0.2) is 36.4 Å². The molecule has 0 bridgehead atoms. The minimum Gasteiger partial charge on any atom is -0.313 e. The first-order valence-electron chi connectivity index (χ1n) is 4.93. The molecule has 0 amide bonds. The highest BCUT2D eigenvalue weighted by Gasteiger charge is 2.19. The number of allylic oxidation sites excluding steroid dienone is 2. The Kier molecular flexibility index (Phi) is 3.24. The number of halogens is 3. The second-order valence-electron chi connectivity index (χ2n) is 3.51. The van der Waals surface area contributed by atoms with Crippen molar-refractivity contribution in [2.75, 3.05) is 6.54 Å². The van der Waals surface area contributed by atoms with Crippen LogP contribution >= 0.6 is 11.6 Å². The highest BCUT2D eigenvalue weighted by atomic mass is 35.5. The van der Waals surface area contributed by atoms with Crippen LogP contribution in [0.1, 0.15) is 5.56 Å². The van der Waals surface area contributed by atoms with Crippen molar-refractivity contribution in [2.24, 2.45) is 0 Å². The van der Waals surface area contributed by atoms with E-state index in [1.807, 2.05) is 0 Å². The van der Waals surface area contributed by atoms with Crippen molar-refractivity contribution in [1.82, 2.24) is 4.90 Å². The molecule has 0 unspecified atom stereocenters. The fraction of sp³-hybridized carbons (Fsp3) is 0.0833. The number of amidine groups is 1. The van der Waals surface area contributed by atoms with Gasteiger partial charge in [0.25, 0.3) is 0 Å². The van der Waals surface area contributed by atoms with Gasteiger partial charge in [-0.15, -0.1) is 0 Å². The molecule has 0 atom stereocenters. The van der Waals surface area contributed by atoms with E-state index in [2.05, 4.69) is 0 Å². The molecule has 1 aliphatic heterocycles. The SMILES string of the molecule is N=C(Cl)N1CC=CC=C1c1cc(F)ccc1F. The molecule has 1 heterocycles. The number of benzene rings is 1. The van der Waals surface area contributed by atoms with Crippen molar-refractivity contribution < 1.29 is 8.78 Å². The van der Waals surface area contributed by atoms with E-state index in [9.17, 15) is 8.78 Å². The third-order valence-corrected chi connectivity index (χ3v) is 2.61. The molecule has 1 aliphatic rings. The van der Waals surface area contributed by atoms with Gasteiger partial charge in [0, 0.05) is 12.1 Å². The lowest BCUT2D eigenvalue weighted by molar-refractivity contribution is 0.583. The molecule has 2 nitrogen and oxygen atoms in total. The van der Waals surface area contributed by atoms with E-state index in [-0.39, 0.29) is 10.9 Å². The molecule has 1 aromatic carbocycles. The summed E-state index contributed by atoms with van der Waals surface area (Å²) >= 11 is 5.61. The molecular weight excluding hydrogens is 246 g/mol. The van der Waals surface area contributed by atoms with Gasteiger partial charge >= 0.3 is 0 Å². The van der Waals surface area contributed by atoms with Crippen LogP contribution in [0.3, 0.4) is 0 Å². The molecule has 0 radical (unpaired) electrons. The predicted octanol–water partition coefficient (Wildman–Crippen LogP) is 3.35. The van der Waals surface area contributed by atoms with Crippen LogP contribution < -0.4 is 0 Å². The van der Waals surface area contributed by atoms with Crippen molar-refractivity contribution in [2.45, 2.75) is 0 Å². The Balaban J connectivity index is 2.50. The van der Waals surface area contributed by atoms with E-state index in [1.54, 1.807) is 18.2 Å². The maximum absolute atomic E-state index is 13.6. The lowest BCUT2D eigenvalue weighted by Gasteiger charge is -2.26. The zero-order valence-corrected chi connectivity index (χ0v) is 9.51. The first kappa shape index (κ1) is 11.8. The van der Waals surface area contributed by atoms with Crippen LogP contribution in [-0.2, 0) is 0 Å². The van der Waals surface area contributed by atoms with Crippen molar-refractivity contribution in [1.29, 1.82) is 5.41 Å². The van der Waals surface area contributed by atoms with Gasteiger partial charge in [0.2, 0.25) is 0 Å². The zero-order chi connectivity index (χ0) is 12.4. The Hall–Kier alpha value is -1.68. The number of hydrogen-bond acceptors (Lipinski definition) is 1. The Morgan fingerprint density at radius 2 is 2.12 bits per heavy atom. The van der Waals surface area contributed by atoms with Gasteiger partial charge in [-0.05, 0) is 35.9 Å². The van der Waals surface area contributed by atoms with Crippen LogP contribution in [0.4, 0.5) is 8.78 Å². The summed E-state index contributed by atoms with van der Waals surface area (Å²) in [5, 5.41) is 7.16. The Bertz CT molecular complexity index is 523. The van der Waals surface area contributed by atoms with E-state index in [0.29, 0.717) is 12.2 Å². The van der Waals surface area contributed by atoms with Crippen LogP contribution in [0, 0.1) is 17.0 Å². The van der Waals surface area contributed by atoms with Gasteiger partial charge in [-0.2, -0.15) is 0 Å². The highest BCUT2D eigenvalue weighted by Crippen LogP contribution is 2.26. The number of nitrogens with zero attached hydrogens (tertiary/aromatic N) is 1. The van der Waals surface area contributed by atoms with Gasteiger partial charge in [-0.3, -0.25) is 5.41 Å². The lowest BCUT2D eigenvalue weighted by atomic mass is 10.1. The average Bonchev–Trinajstić information content (AvgIpc) is 2.32. The van der Waals surface area contributed by atoms with Gasteiger partial charge in [-0.25, -0.2) is 8.78 Å². The van der Waals surface area contributed by atoms with E-state index in [1.165, 1.54) is 4.90 Å². The van der Waals surface area contributed by atoms with Crippen LogP contribution in [-0.4, -0.2) is 16.7 Å². The van der Waals surface area contributed by atoms with E-state index in [4.69, 9.17) is 17.0 Å². The van der Waals surface area contributed by atoms with Crippen molar-refractivity contribution in [3.63, 3.8) is 0 Å². The standard InChI is InChI=1S/C12H9ClF2N2/c13-12(16)17-6-2-1-3-11(17)9-7-8(14)4-5-10(9)15/h1-5,7,16H,6H2. The monoisotopic (exact) mass is 254 g/mol. The summed E-state index contributed by atoms with van der Waals surface area (Å²) < 4.78 is 26.7. The fourth-order valence-electron chi connectivity index (χ4n) is 1.63. The maximum Gasteiger partial charge on any atom is 0.195 e. The molecule has 1 aromatic rings. The zero-order valence-electron chi connectivity index (χ0n) is 8.75. The van der Waals surface area contributed by atoms with Crippen LogP contribution in [0.5, 0.6) is 0 Å². The largest absolute Gasteiger partial charge is 0.313 e. The second kappa shape index (κ2) is 4.67. The maximum atomic E-state index is 13.6. The molecule has 0 aromatic heterocycles. The minimum atomic E-state index is -0.545. The molecule has 0 saturated carbocycles. The number of rotatable bonds is 1. The third kappa shape index (κ3) is 2.36. The Morgan fingerprint density at radius 1 is 1.35 bits per heavy atom. The van der Waals surface area contributed by atoms with Gasteiger partial charge in [-0.1, -0.05) is 12.2 Å². The molecule has 2 rings (SSSR count). The smallest absolute Gasteiger partial charge is 0.195 e. The van der Waals surface area contributed by atoms with E-state index >= 15 is 0 Å². The van der Waals surface area contributed by atoms with Crippen molar-refractivity contribution in [3.8, 4) is 0 Å². The highest BCUT2D eigenvalue weighted by molar-refractivity contribution is 6.64. The molecule has 5 heteroatoms. The molecule has 17 heavy (non-hydrogen) atoms. The summed E-state index contributed by atoms with van der Waals surface area (Å²) in [4.78, 5) is 1.39. The second-order valence-corrected chi connectivity index (χ2v) is 3.86. The molecule has 0 saturated heterocycles.